The predicted molar refractivity (Wildman–Crippen MR) is 107 cm³/mol. The molecule has 1 aliphatic heterocycles. The van der Waals surface area contributed by atoms with Crippen LogP contribution in [0.1, 0.15) is 52.0 Å². The Kier molecular flexibility index (Phi) is 5.33. The van der Waals surface area contributed by atoms with Crippen LogP contribution in [0, 0.1) is 5.41 Å². The first-order valence-electron chi connectivity index (χ1n) is 9.73. The summed E-state index contributed by atoms with van der Waals surface area (Å²) in [5.74, 6) is -0.477. The summed E-state index contributed by atoms with van der Waals surface area (Å²) >= 11 is 0. The molecular weight excluding hydrogens is 356 g/mol. The topological polar surface area (TPSA) is 79.7 Å². The van der Waals surface area contributed by atoms with Crippen molar-refractivity contribution in [3.63, 3.8) is 0 Å². The number of pyridine rings is 1. The Balaban J connectivity index is 2.13. The number of hydrogen-bond donors (Lipinski definition) is 1. The lowest BCUT2D eigenvalue weighted by Gasteiger charge is -2.46. The molecule has 3 rings (SSSR count). The number of benzene rings is 1. The molecule has 2 heterocycles. The number of aromatic nitrogens is 1. The van der Waals surface area contributed by atoms with Crippen molar-refractivity contribution in [2.24, 2.45) is 5.41 Å². The fourth-order valence-corrected chi connectivity index (χ4v) is 4.22. The maximum absolute atomic E-state index is 13.4. The van der Waals surface area contributed by atoms with E-state index < -0.39 is 17.1 Å². The molecular formula is C22H28N2O4. The maximum Gasteiger partial charge on any atom is 0.407 e. The summed E-state index contributed by atoms with van der Waals surface area (Å²) in [5, 5.41) is 10.6. The van der Waals surface area contributed by atoms with E-state index in [1.165, 1.54) is 4.90 Å². The monoisotopic (exact) mass is 384 g/mol. The lowest BCUT2D eigenvalue weighted by Crippen LogP contribution is -2.54. The molecule has 0 bridgehead atoms. The van der Waals surface area contributed by atoms with Gasteiger partial charge in [-0.2, -0.15) is 0 Å². The highest BCUT2D eigenvalue weighted by molar-refractivity contribution is 5.86. The van der Waals surface area contributed by atoms with Gasteiger partial charge in [-0.15, -0.1) is 0 Å². The highest BCUT2D eigenvalue weighted by Gasteiger charge is 2.52. The largest absolute Gasteiger partial charge is 0.465 e. The van der Waals surface area contributed by atoms with Crippen LogP contribution < -0.4 is 0 Å². The Bertz CT molecular complexity index is 884. The van der Waals surface area contributed by atoms with E-state index in [1.807, 2.05) is 58.0 Å². The smallest absolute Gasteiger partial charge is 0.407 e. The van der Waals surface area contributed by atoms with Crippen LogP contribution in [0.3, 0.4) is 0 Å². The van der Waals surface area contributed by atoms with Gasteiger partial charge in [-0.3, -0.25) is 9.78 Å². The van der Waals surface area contributed by atoms with E-state index in [4.69, 9.17) is 4.74 Å². The molecule has 2 atom stereocenters. The molecule has 0 aliphatic carbocycles. The van der Waals surface area contributed by atoms with E-state index >= 15 is 0 Å². The molecule has 1 fully saturated rings. The lowest BCUT2D eigenvalue weighted by atomic mass is 9.65. The molecule has 6 nitrogen and oxygen atoms in total. The summed E-state index contributed by atoms with van der Waals surface area (Å²) in [6.45, 7) is 7.97. The zero-order chi connectivity index (χ0) is 20.5. The highest BCUT2D eigenvalue weighted by atomic mass is 16.6. The maximum atomic E-state index is 13.4. The molecule has 2 aromatic rings. The van der Waals surface area contributed by atoms with Crippen molar-refractivity contribution in [2.75, 3.05) is 13.1 Å². The van der Waals surface area contributed by atoms with Gasteiger partial charge in [0.2, 0.25) is 0 Å². The Morgan fingerprint density at radius 3 is 2.64 bits per heavy atom. The van der Waals surface area contributed by atoms with Crippen LogP contribution in [0.4, 0.5) is 4.79 Å². The predicted octanol–water partition coefficient (Wildman–Crippen LogP) is 4.44. The summed E-state index contributed by atoms with van der Waals surface area (Å²) < 4.78 is 5.79. The average molecular weight is 384 g/mol. The number of carbonyl (C=O) groups excluding carboxylic acids is 1. The number of piperidine rings is 1. The first-order valence-corrected chi connectivity index (χ1v) is 9.73. The minimum atomic E-state index is -1.00. The Hall–Kier alpha value is -2.63. The lowest BCUT2D eigenvalue weighted by molar-refractivity contribution is -0.172. The van der Waals surface area contributed by atoms with Crippen molar-refractivity contribution < 1.29 is 19.4 Å². The second kappa shape index (κ2) is 7.41. The van der Waals surface area contributed by atoms with Crippen LogP contribution in [0.15, 0.2) is 36.5 Å². The number of hydrogen-bond acceptors (Lipinski definition) is 4. The van der Waals surface area contributed by atoms with Gasteiger partial charge in [-0.25, -0.2) is 4.79 Å². The van der Waals surface area contributed by atoms with Crippen molar-refractivity contribution in [3.05, 3.63) is 42.1 Å². The number of rotatable bonds is 3. The van der Waals surface area contributed by atoms with Crippen LogP contribution in [0.5, 0.6) is 0 Å². The summed E-state index contributed by atoms with van der Waals surface area (Å²) in [6, 6.07) is 9.81. The molecule has 1 aromatic heterocycles. The standard InChI is InChI=1S/C22H28N2O4/c1-5-22(19(25)28-21(2,3)4)14-24(20(26)27)13-11-17(22)15-10-12-23-18-9-7-6-8-16(15)18/h6-10,12,17H,5,11,13-14H2,1-4H3,(H,26,27). The number of fused-ring (bicyclic) bond motifs is 1. The second-order valence-electron chi connectivity index (χ2n) is 8.47. The first-order chi connectivity index (χ1) is 13.2. The van der Waals surface area contributed by atoms with Crippen molar-refractivity contribution >= 4 is 23.0 Å². The minimum Gasteiger partial charge on any atom is -0.465 e. The van der Waals surface area contributed by atoms with Crippen molar-refractivity contribution in [1.82, 2.24) is 9.88 Å². The van der Waals surface area contributed by atoms with Crippen molar-refractivity contribution in [3.8, 4) is 0 Å². The van der Waals surface area contributed by atoms with E-state index in [2.05, 4.69) is 4.98 Å². The fourth-order valence-electron chi connectivity index (χ4n) is 4.22. The molecule has 6 heteroatoms. The number of para-hydroxylation sites is 1. The third-order valence-electron chi connectivity index (χ3n) is 5.59. The van der Waals surface area contributed by atoms with Gasteiger partial charge >= 0.3 is 12.1 Å². The molecule has 150 valence electrons. The second-order valence-corrected chi connectivity index (χ2v) is 8.47. The van der Waals surface area contributed by atoms with Crippen LogP contribution in [-0.2, 0) is 9.53 Å². The van der Waals surface area contributed by atoms with Crippen molar-refractivity contribution in [1.29, 1.82) is 0 Å². The van der Waals surface area contributed by atoms with Crippen LogP contribution in [0.25, 0.3) is 10.9 Å². The molecule has 2 unspecified atom stereocenters. The van der Waals surface area contributed by atoms with E-state index in [0.29, 0.717) is 19.4 Å². The zero-order valence-corrected chi connectivity index (χ0v) is 16.9. The summed E-state index contributed by atoms with van der Waals surface area (Å²) in [7, 11) is 0. The molecule has 0 saturated carbocycles. The number of carbonyl (C=O) groups is 2. The number of carboxylic acid groups (broad SMARTS) is 1. The summed E-state index contributed by atoms with van der Waals surface area (Å²) in [4.78, 5) is 30.9. The number of amides is 1. The fraction of sp³-hybridized carbons (Fsp3) is 0.500. The van der Waals surface area contributed by atoms with Crippen LogP contribution in [0.2, 0.25) is 0 Å². The van der Waals surface area contributed by atoms with Gasteiger partial charge in [0.15, 0.2) is 0 Å². The minimum absolute atomic E-state index is 0.134. The Labute approximate surface area is 165 Å². The number of nitrogens with zero attached hydrogens (tertiary/aromatic N) is 2. The molecule has 0 spiro atoms. The van der Waals surface area contributed by atoms with Gasteiger partial charge in [-0.05, 0) is 51.3 Å². The van der Waals surface area contributed by atoms with Crippen LogP contribution >= 0.6 is 0 Å². The third kappa shape index (κ3) is 3.68. The van der Waals surface area contributed by atoms with Crippen LogP contribution in [-0.4, -0.2) is 45.7 Å². The van der Waals surface area contributed by atoms with Crippen molar-refractivity contribution in [2.45, 2.75) is 52.1 Å². The van der Waals surface area contributed by atoms with Gasteiger partial charge in [-0.1, -0.05) is 25.1 Å². The van der Waals surface area contributed by atoms with Gasteiger partial charge in [0.25, 0.3) is 0 Å². The van der Waals surface area contributed by atoms with Gasteiger partial charge in [0.05, 0.1) is 10.9 Å². The van der Waals surface area contributed by atoms with Gasteiger partial charge < -0.3 is 14.7 Å². The average Bonchev–Trinajstić information content (AvgIpc) is 2.65. The molecule has 1 aliphatic rings. The molecule has 28 heavy (non-hydrogen) atoms. The Morgan fingerprint density at radius 1 is 1.29 bits per heavy atom. The summed E-state index contributed by atoms with van der Waals surface area (Å²) in [6.07, 6.45) is 1.82. The third-order valence-corrected chi connectivity index (χ3v) is 5.59. The summed E-state index contributed by atoms with van der Waals surface area (Å²) in [5.41, 5.74) is 0.321. The zero-order valence-electron chi connectivity index (χ0n) is 16.9. The van der Waals surface area contributed by atoms with E-state index in [1.54, 1.807) is 6.20 Å². The Morgan fingerprint density at radius 2 is 2.00 bits per heavy atom. The highest BCUT2D eigenvalue weighted by Crippen LogP contribution is 2.48. The number of likely N-dealkylation sites (tertiary alicyclic amines) is 1. The van der Waals surface area contributed by atoms with Gasteiger partial charge in [0.1, 0.15) is 5.60 Å². The molecule has 1 aromatic carbocycles. The quantitative estimate of drug-likeness (QED) is 0.792. The van der Waals surface area contributed by atoms with E-state index in [9.17, 15) is 14.7 Å². The molecule has 1 amide bonds. The first kappa shape index (κ1) is 20.1. The molecule has 1 saturated heterocycles. The van der Waals surface area contributed by atoms with E-state index in [-0.39, 0.29) is 18.4 Å². The number of ether oxygens (including phenoxy) is 1. The number of esters is 1. The van der Waals surface area contributed by atoms with E-state index in [0.717, 1.165) is 16.5 Å². The molecule has 1 N–H and O–H groups in total. The SMILES string of the molecule is CCC1(C(=O)OC(C)(C)C)CN(C(=O)O)CCC1c1ccnc2ccccc12. The van der Waals surface area contributed by atoms with Gasteiger partial charge in [0, 0.05) is 30.6 Å². The molecule has 0 radical (unpaired) electrons. The normalized spacial score (nSPS) is 22.9.